The van der Waals surface area contributed by atoms with E-state index >= 15 is 0 Å². The average Bonchev–Trinajstić information content (AvgIpc) is 3.15. The Labute approximate surface area is 232 Å². The Morgan fingerprint density at radius 2 is 1.58 bits per heavy atom. The van der Waals surface area contributed by atoms with E-state index < -0.39 is 22.5 Å². The van der Waals surface area contributed by atoms with Crippen molar-refractivity contribution < 1.29 is 13.2 Å². The van der Waals surface area contributed by atoms with Gasteiger partial charge in [0.2, 0.25) is 0 Å². The lowest BCUT2D eigenvalue weighted by atomic mass is 10.2. The number of para-hydroxylation sites is 1. The van der Waals surface area contributed by atoms with E-state index in [9.17, 15) is 13.2 Å². The molecule has 0 spiro atoms. The molecule has 0 aliphatic heterocycles. The second kappa shape index (κ2) is 11.4. The molecule has 0 aliphatic carbocycles. The van der Waals surface area contributed by atoms with Gasteiger partial charge in [-0.2, -0.15) is 5.10 Å². The molecule has 1 heterocycles. The van der Waals surface area contributed by atoms with Crippen LogP contribution in [0.25, 0.3) is 5.69 Å². The van der Waals surface area contributed by atoms with Crippen molar-refractivity contribution in [2.75, 3.05) is 10.8 Å². The van der Waals surface area contributed by atoms with Gasteiger partial charge in [-0.25, -0.2) is 13.8 Å². The first-order valence-electron chi connectivity index (χ1n) is 11.7. The standard InChI is InChI=1S/C28H26Cl2N4O3S/c1-19-9-7-8-12-27(19)34-20(2)13-22(21(34)3)17-31-32-28(35)18-33(25-15-23(29)14-24(30)16-25)38(36,37)26-10-5-4-6-11-26/h4-17H,18H2,1-3H3,(H,32,35)/b31-17-. The molecule has 1 aromatic heterocycles. The Balaban J connectivity index is 1.58. The summed E-state index contributed by atoms with van der Waals surface area (Å²) in [5.41, 5.74) is 7.59. The number of halogens is 2. The molecule has 4 rings (SSSR count). The SMILES string of the molecule is Cc1ccccc1-n1c(C)cc(/C=N\NC(=O)CN(c2cc(Cl)cc(Cl)c2)S(=O)(=O)c2ccccc2)c1C. The van der Waals surface area contributed by atoms with Crippen molar-refractivity contribution in [3.63, 3.8) is 0 Å². The highest BCUT2D eigenvalue weighted by Gasteiger charge is 2.27. The molecule has 3 aromatic carbocycles. The number of hydrogen-bond donors (Lipinski definition) is 1. The minimum Gasteiger partial charge on any atom is -0.318 e. The maximum atomic E-state index is 13.5. The third-order valence-corrected chi connectivity index (χ3v) is 8.20. The number of hydrogen-bond acceptors (Lipinski definition) is 4. The summed E-state index contributed by atoms with van der Waals surface area (Å²) in [5.74, 6) is -0.635. The Morgan fingerprint density at radius 1 is 0.947 bits per heavy atom. The number of carbonyl (C=O) groups is 1. The highest BCUT2D eigenvalue weighted by Crippen LogP contribution is 2.29. The van der Waals surface area contributed by atoms with Crippen molar-refractivity contribution in [2.24, 2.45) is 5.10 Å². The Bertz CT molecular complexity index is 1600. The summed E-state index contributed by atoms with van der Waals surface area (Å²) in [6.07, 6.45) is 1.54. The summed E-state index contributed by atoms with van der Waals surface area (Å²) in [6, 6.07) is 22.2. The number of nitrogens with one attached hydrogen (secondary N) is 1. The van der Waals surface area contributed by atoms with Crippen molar-refractivity contribution in [1.82, 2.24) is 9.99 Å². The molecule has 0 aliphatic rings. The fourth-order valence-electron chi connectivity index (χ4n) is 4.16. The molecule has 0 radical (unpaired) electrons. The summed E-state index contributed by atoms with van der Waals surface area (Å²) in [6.45, 7) is 5.48. The molecular weight excluding hydrogens is 543 g/mol. The predicted molar refractivity (Wildman–Crippen MR) is 153 cm³/mol. The second-order valence-electron chi connectivity index (χ2n) is 8.69. The third kappa shape index (κ3) is 5.93. The minimum atomic E-state index is -4.10. The molecule has 1 amide bonds. The van der Waals surface area contributed by atoms with E-state index in [1.165, 1.54) is 30.3 Å². The zero-order valence-corrected chi connectivity index (χ0v) is 23.3. The van der Waals surface area contributed by atoms with E-state index in [-0.39, 0.29) is 20.6 Å². The Kier molecular flexibility index (Phi) is 8.26. The molecule has 1 N–H and O–H groups in total. The lowest BCUT2D eigenvalue weighted by Crippen LogP contribution is -2.39. The molecule has 0 bridgehead atoms. The summed E-state index contributed by atoms with van der Waals surface area (Å²) in [4.78, 5) is 12.9. The van der Waals surface area contributed by atoms with Crippen LogP contribution >= 0.6 is 23.2 Å². The van der Waals surface area contributed by atoms with E-state index in [1.807, 2.05) is 51.1 Å². The van der Waals surface area contributed by atoms with Crippen molar-refractivity contribution in [3.8, 4) is 5.69 Å². The number of amides is 1. The van der Waals surface area contributed by atoms with Gasteiger partial charge in [0.25, 0.3) is 15.9 Å². The van der Waals surface area contributed by atoms with Gasteiger partial charge in [0.05, 0.1) is 16.8 Å². The van der Waals surface area contributed by atoms with Gasteiger partial charge < -0.3 is 4.57 Å². The highest BCUT2D eigenvalue weighted by atomic mass is 35.5. The third-order valence-electron chi connectivity index (χ3n) is 5.97. The van der Waals surface area contributed by atoms with Crippen LogP contribution in [0.2, 0.25) is 10.0 Å². The number of anilines is 1. The van der Waals surface area contributed by atoms with Crippen LogP contribution in [0.1, 0.15) is 22.5 Å². The van der Waals surface area contributed by atoms with Crippen molar-refractivity contribution in [2.45, 2.75) is 25.7 Å². The van der Waals surface area contributed by atoms with Crippen molar-refractivity contribution in [1.29, 1.82) is 0 Å². The maximum absolute atomic E-state index is 13.5. The zero-order chi connectivity index (χ0) is 27.4. The van der Waals surface area contributed by atoms with E-state index in [2.05, 4.69) is 15.1 Å². The molecular formula is C28H26Cl2N4O3S. The Hall–Kier alpha value is -3.59. The number of nitrogens with zero attached hydrogens (tertiary/aromatic N) is 3. The first-order valence-corrected chi connectivity index (χ1v) is 13.9. The van der Waals surface area contributed by atoms with Crippen LogP contribution in [0.5, 0.6) is 0 Å². The van der Waals surface area contributed by atoms with E-state index in [1.54, 1.807) is 24.4 Å². The highest BCUT2D eigenvalue weighted by molar-refractivity contribution is 7.92. The maximum Gasteiger partial charge on any atom is 0.264 e. The van der Waals surface area contributed by atoms with E-state index in [4.69, 9.17) is 23.2 Å². The number of aromatic nitrogens is 1. The fourth-order valence-corrected chi connectivity index (χ4v) is 6.10. The second-order valence-corrected chi connectivity index (χ2v) is 11.4. The molecule has 0 atom stereocenters. The van der Waals surface area contributed by atoms with Crippen LogP contribution in [-0.4, -0.2) is 31.7 Å². The lowest BCUT2D eigenvalue weighted by molar-refractivity contribution is -0.119. The summed E-state index contributed by atoms with van der Waals surface area (Å²) >= 11 is 12.3. The average molecular weight is 570 g/mol. The smallest absolute Gasteiger partial charge is 0.264 e. The molecule has 4 aromatic rings. The van der Waals surface area contributed by atoms with Crippen LogP contribution < -0.4 is 9.73 Å². The predicted octanol–water partition coefficient (Wildman–Crippen LogP) is 6.05. The monoisotopic (exact) mass is 568 g/mol. The molecule has 7 nitrogen and oxygen atoms in total. The zero-order valence-electron chi connectivity index (χ0n) is 21.0. The van der Waals surface area contributed by atoms with E-state index in [0.29, 0.717) is 0 Å². The fraction of sp³-hybridized carbons (Fsp3) is 0.143. The Morgan fingerprint density at radius 3 is 2.24 bits per heavy atom. The number of carbonyl (C=O) groups excluding carboxylic acids is 1. The van der Waals surface area contributed by atoms with Gasteiger partial charge >= 0.3 is 0 Å². The van der Waals surface area contributed by atoms with Gasteiger partial charge in [0.15, 0.2) is 0 Å². The number of benzene rings is 3. The van der Waals surface area contributed by atoms with E-state index in [0.717, 1.165) is 32.5 Å². The normalized spacial score (nSPS) is 11.6. The lowest BCUT2D eigenvalue weighted by Gasteiger charge is -2.24. The minimum absolute atomic E-state index is 0.0241. The van der Waals surface area contributed by atoms with Crippen molar-refractivity contribution >= 4 is 51.0 Å². The van der Waals surface area contributed by atoms with Crippen molar-refractivity contribution in [3.05, 3.63) is 111 Å². The summed E-state index contributed by atoms with van der Waals surface area (Å²) in [5, 5.41) is 4.58. The molecule has 196 valence electrons. The summed E-state index contributed by atoms with van der Waals surface area (Å²) < 4.78 is 30.0. The quantitative estimate of drug-likeness (QED) is 0.207. The van der Waals surface area contributed by atoms with Crippen LogP contribution in [-0.2, 0) is 14.8 Å². The first-order chi connectivity index (χ1) is 18.1. The molecule has 0 fully saturated rings. The topological polar surface area (TPSA) is 83.8 Å². The molecule has 0 unspecified atom stereocenters. The number of aryl methyl sites for hydroxylation is 2. The van der Waals surface area contributed by atoms with Crippen LogP contribution in [0.4, 0.5) is 5.69 Å². The molecule has 0 saturated carbocycles. The van der Waals surface area contributed by atoms with Gasteiger partial charge in [0.1, 0.15) is 6.54 Å². The van der Waals surface area contributed by atoms with Crippen LogP contribution in [0, 0.1) is 20.8 Å². The van der Waals surface area contributed by atoms with Gasteiger partial charge in [0, 0.05) is 32.7 Å². The van der Waals surface area contributed by atoms with Gasteiger partial charge in [-0.15, -0.1) is 0 Å². The number of sulfonamides is 1. The molecule has 10 heteroatoms. The van der Waals surface area contributed by atoms with Gasteiger partial charge in [-0.05, 0) is 68.8 Å². The number of rotatable bonds is 8. The number of hydrazone groups is 1. The van der Waals surface area contributed by atoms with Gasteiger partial charge in [-0.3, -0.25) is 9.10 Å². The van der Waals surface area contributed by atoms with Crippen LogP contribution in [0.3, 0.4) is 0 Å². The molecule has 38 heavy (non-hydrogen) atoms. The largest absolute Gasteiger partial charge is 0.318 e. The summed E-state index contributed by atoms with van der Waals surface area (Å²) in [7, 11) is -4.10. The van der Waals surface area contributed by atoms with Gasteiger partial charge in [-0.1, -0.05) is 59.6 Å². The molecule has 0 saturated heterocycles. The first kappa shape index (κ1) is 27.4. The van der Waals surface area contributed by atoms with Crippen LogP contribution in [0.15, 0.2) is 88.9 Å².